The first kappa shape index (κ1) is 24.2. The van der Waals surface area contributed by atoms with Gasteiger partial charge in [0.1, 0.15) is 11.3 Å². The molecule has 1 amide bonds. The number of hydrogen-bond donors (Lipinski definition) is 2. The van der Waals surface area contributed by atoms with Crippen LogP contribution in [-0.2, 0) is 11.3 Å². The molecule has 1 aromatic heterocycles. The molecule has 3 aromatic carbocycles. The van der Waals surface area contributed by atoms with Gasteiger partial charge in [0, 0.05) is 44.8 Å². The van der Waals surface area contributed by atoms with Gasteiger partial charge in [0.15, 0.2) is 6.61 Å². The number of nitrogens with zero attached hydrogens (tertiary/aromatic N) is 3. The number of rotatable bonds is 8. The van der Waals surface area contributed by atoms with Crippen LogP contribution in [0, 0.1) is 0 Å². The maximum Gasteiger partial charge on any atom is 0.260 e. The number of nitrogens with two attached hydrogens (primary N) is 1. The van der Waals surface area contributed by atoms with E-state index in [2.05, 4.69) is 34.1 Å². The van der Waals surface area contributed by atoms with Crippen LogP contribution in [0.2, 0.25) is 0 Å². The third-order valence-electron chi connectivity index (χ3n) is 7.12. The number of carbonyl (C=O) groups is 1. The summed E-state index contributed by atoms with van der Waals surface area (Å²) in [4.78, 5) is 21.9. The van der Waals surface area contributed by atoms with Crippen molar-refractivity contribution in [2.75, 3.05) is 33.3 Å². The fourth-order valence-corrected chi connectivity index (χ4v) is 5.11. The Balaban J connectivity index is 1.40. The van der Waals surface area contributed by atoms with E-state index < -0.39 is 0 Å². The summed E-state index contributed by atoms with van der Waals surface area (Å²) in [6.45, 7) is 2.37. The van der Waals surface area contributed by atoms with Gasteiger partial charge in [-0.05, 0) is 40.5 Å². The zero-order valence-corrected chi connectivity index (χ0v) is 20.5. The SMILES string of the molecule is CN(C(=O)COc1ccc(CN)c2cccnc12)C(CN1CC[C@H](O)C1)c1cccc2ccccc12. The number of likely N-dealkylation sites (tertiary alicyclic amines) is 1. The number of β-amino-alcohol motifs (C(OH)–C–C–N with tert-alkyl or cyclic N) is 1. The molecule has 2 atom stereocenters. The van der Waals surface area contributed by atoms with Gasteiger partial charge < -0.3 is 20.5 Å². The fraction of sp³-hybridized carbons (Fsp3) is 0.310. The molecular weight excluding hydrogens is 452 g/mol. The Kier molecular flexibility index (Phi) is 7.13. The minimum Gasteiger partial charge on any atom is -0.481 e. The molecule has 7 nitrogen and oxygen atoms in total. The smallest absolute Gasteiger partial charge is 0.260 e. The molecule has 0 spiro atoms. The molecule has 1 fully saturated rings. The first-order valence-electron chi connectivity index (χ1n) is 12.4. The van der Waals surface area contributed by atoms with Crippen LogP contribution < -0.4 is 10.5 Å². The lowest BCUT2D eigenvalue weighted by Gasteiger charge is -2.33. The highest BCUT2D eigenvalue weighted by molar-refractivity contribution is 5.89. The molecule has 1 unspecified atom stereocenters. The third kappa shape index (κ3) is 4.91. The molecule has 4 aromatic rings. The van der Waals surface area contributed by atoms with Crippen LogP contribution in [-0.4, -0.2) is 65.2 Å². The number of likely N-dealkylation sites (N-methyl/N-ethyl adjacent to an activating group) is 1. The van der Waals surface area contributed by atoms with Gasteiger partial charge in [-0.3, -0.25) is 14.7 Å². The first-order valence-corrected chi connectivity index (χ1v) is 12.4. The highest BCUT2D eigenvalue weighted by Crippen LogP contribution is 2.31. The van der Waals surface area contributed by atoms with Gasteiger partial charge in [0.2, 0.25) is 0 Å². The second-order valence-electron chi connectivity index (χ2n) is 9.41. The second kappa shape index (κ2) is 10.6. The van der Waals surface area contributed by atoms with Crippen molar-refractivity contribution in [1.82, 2.24) is 14.8 Å². The molecule has 2 heterocycles. The number of hydrogen-bond acceptors (Lipinski definition) is 6. The van der Waals surface area contributed by atoms with Gasteiger partial charge >= 0.3 is 0 Å². The summed E-state index contributed by atoms with van der Waals surface area (Å²) >= 11 is 0. The Morgan fingerprint density at radius 1 is 1.14 bits per heavy atom. The van der Waals surface area contributed by atoms with Crippen molar-refractivity contribution >= 4 is 27.6 Å². The van der Waals surface area contributed by atoms with E-state index in [1.54, 1.807) is 11.1 Å². The molecule has 36 heavy (non-hydrogen) atoms. The number of pyridine rings is 1. The van der Waals surface area contributed by atoms with E-state index in [0.717, 1.165) is 40.3 Å². The predicted octanol–water partition coefficient (Wildman–Crippen LogP) is 3.49. The number of benzene rings is 3. The number of fused-ring (bicyclic) bond motifs is 2. The highest BCUT2D eigenvalue weighted by Gasteiger charge is 2.29. The van der Waals surface area contributed by atoms with Crippen LogP contribution in [0.1, 0.15) is 23.6 Å². The van der Waals surface area contributed by atoms with Crippen molar-refractivity contribution in [3.05, 3.63) is 84.1 Å². The van der Waals surface area contributed by atoms with Gasteiger partial charge in [0.25, 0.3) is 5.91 Å². The highest BCUT2D eigenvalue weighted by atomic mass is 16.5. The number of amides is 1. The monoisotopic (exact) mass is 484 g/mol. The van der Waals surface area contributed by atoms with Crippen LogP contribution in [0.15, 0.2) is 72.9 Å². The third-order valence-corrected chi connectivity index (χ3v) is 7.12. The van der Waals surface area contributed by atoms with Gasteiger partial charge in [-0.25, -0.2) is 0 Å². The van der Waals surface area contributed by atoms with E-state index in [1.807, 2.05) is 49.5 Å². The quantitative estimate of drug-likeness (QED) is 0.398. The van der Waals surface area contributed by atoms with Gasteiger partial charge in [-0.15, -0.1) is 0 Å². The largest absolute Gasteiger partial charge is 0.481 e. The standard InChI is InChI=1S/C29H32N4O3/c1-32(28(35)19-36-27-12-11-21(16-30)24-10-5-14-31-29(24)27)26(18-33-15-13-22(34)17-33)25-9-4-7-20-6-2-3-8-23(20)25/h2-12,14,22,26,34H,13,15-19,30H2,1H3/t22-,26?/m0/s1. The number of ether oxygens (including phenoxy) is 1. The van der Waals surface area contributed by atoms with Gasteiger partial charge in [0.05, 0.1) is 12.1 Å². The maximum atomic E-state index is 13.5. The fourth-order valence-electron chi connectivity index (χ4n) is 5.11. The van der Waals surface area contributed by atoms with Crippen molar-refractivity contribution < 1.29 is 14.6 Å². The maximum absolute atomic E-state index is 13.5. The summed E-state index contributed by atoms with van der Waals surface area (Å²) in [5, 5.41) is 13.3. The van der Waals surface area contributed by atoms with Crippen molar-refractivity contribution in [3.63, 3.8) is 0 Å². The van der Waals surface area contributed by atoms with E-state index in [-0.39, 0.29) is 24.7 Å². The van der Waals surface area contributed by atoms with E-state index in [1.165, 1.54) is 0 Å². The molecule has 1 aliphatic heterocycles. The first-order chi connectivity index (χ1) is 17.5. The molecule has 0 radical (unpaired) electrons. The Hall–Kier alpha value is -3.52. The Labute approximate surface area is 211 Å². The molecule has 3 N–H and O–H groups in total. The molecule has 1 aliphatic rings. The summed E-state index contributed by atoms with van der Waals surface area (Å²) in [5.41, 5.74) is 8.66. The van der Waals surface area contributed by atoms with Gasteiger partial charge in [-0.2, -0.15) is 0 Å². The molecule has 0 aliphatic carbocycles. The minimum absolute atomic E-state index is 0.103. The lowest BCUT2D eigenvalue weighted by atomic mass is 9.97. The van der Waals surface area contributed by atoms with E-state index >= 15 is 0 Å². The Bertz CT molecular complexity index is 1370. The van der Waals surface area contributed by atoms with Gasteiger partial charge in [-0.1, -0.05) is 54.6 Å². The topological polar surface area (TPSA) is 91.9 Å². The summed E-state index contributed by atoms with van der Waals surface area (Å²) in [7, 11) is 1.83. The van der Waals surface area contributed by atoms with Crippen LogP contribution in [0.3, 0.4) is 0 Å². The molecule has 1 saturated heterocycles. The molecular formula is C29H32N4O3. The lowest BCUT2D eigenvalue weighted by Crippen LogP contribution is -2.41. The number of carbonyl (C=O) groups excluding carboxylic acids is 1. The number of aliphatic hydroxyl groups is 1. The Morgan fingerprint density at radius 2 is 1.94 bits per heavy atom. The average molecular weight is 485 g/mol. The minimum atomic E-state index is -0.320. The Morgan fingerprint density at radius 3 is 2.75 bits per heavy atom. The zero-order valence-electron chi connectivity index (χ0n) is 20.5. The van der Waals surface area contributed by atoms with E-state index in [0.29, 0.717) is 30.9 Å². The summed E-state index contributed by atoms with van der Waals surface area (Å²) in [6, 6.07) is 21.8. The molecule has 186 valence electrons. The number of aliphatic hydroxyl groups excluding tert-OH is 1. The van der Waals surface area contributed by atoms with Crippen LogP contribution in [0.25, 0.3) is 21.7 Å². The van der Waals surface area contributed by atoms with E-state index in [4.69, 9.17) is 10.5 Å². The van der Waals surface area contributed by atoms with Crippen LogP contribution in [0.5, 0.6) is 5.75 Å². The van der Waals surface area contributed by atoms with Crippen molar-refractivity contribution in [2.24, 2.45) is 5.73 Å². The molecule has 7 heteroatoms. The second-order valence-corrected chi connectivity index (χ2v) is 9.41. The summed E-state index contributed by atoms with van der Waals surface area (Å²) in [5.74, 6) is 0.439. The van der Waals surface area contributed by atoms with Crippen molar-refractivity contribution in [2.45, 2.75) is 25.1 Å². The molecule has 5 rings (SSSR count). The van der Waals surface area contributed by atoms with Crippen molar-refractivity contribution in [1.29, 1.82) is 0 Å². The number of aromatic nitrogens is 1. The normalized spacial score (nSPS) is 16.9. The zero-order chi connectivity index (χ0) is 25.1. The van der Waals surface area contributed by atoms with Crippen LogP contribution in [0.4, 0.5) is 0 Å². The summed E-state index contributed by atoms with van der Waals surface area (Å²) in [6.07, 6.45) is 2.14. The predicted molar refractivity (Wildman–Crippen MR) is 142 cm³/mol. The lowest BCUT2D eigenvalue weighted by molar-refractivity contribution is -0.134. The molecule has 0 saturated carbocycles. The average Bonchev–Trinajstić information content (AvgIpc) is 3.34. The summed E-state index contributed by atoms with van der Waals surface area (Å²) < 4.78 is 6.01. The van der Waals surface area contributed by atoms with Crippen molar-refractivity contribution in [3.8, 4) is 5.75 Å². The van der Waals surface area contributed by atoms with E-state index in [9.17, 15) is 9.90 Å². The molecule has 0 bridgehead atoms. The van der Waals surface area contributed by atoms with Crippen LogP contribution >= 0.6 is 0 Å².